The molecule has 0 radical (unpaired) electrons. The summed E-state index contributed by atoms with van der Waals surface area (Å²) in [5, 5.41) is 3.91. The summed E-state index contributed by atoms with van der Waals surface area (Å²) in [5.41, 5.74) is 0.477. The number of fused-ring (bicyclic) bond motifs is 1. The van der Waals surface area contributed by atoms with Crippen molar-refractivity contribution in [3.8, 4) is 5.75 Å². The average Bonchev–Trinajstić information content (AvgIpc) is 3.03. The Labute approximate surface area is 172 Å². The van der Waals surface area contributed by atoms with Gasteiger partial charge in [-0.25, -0.2) is 13.1 Å². The third-order valence-electron chi connectivity index (χ3n) is 4.01. The number of sulfonamides is 1. The van der Waals surface area contributed by atoms with Gasteiger partial charge in [0.15, 0.2) is 0 Å². The molecule has 0 aliphatic heterocycles. The molecule has 0 spiro atoms. The highest BCUT2D eigenvalue weighted by atomic mass is 35.5. The van der Waals surface area contributed by atoms with Gasteiger partial charge in [0.25, 0.3) is 5.91 Å². The van der Waals surface area contributed by atoms with E-state index in [0.717, 1.165) is 10.1 Å². The number of benzene rings is 2. The van der Waals surface area contributed by atoms with Crippen LogP contribution in [0.25, 0.3) is 10.1 Å². The number of carbonyl (C=O) groups excluding carboxylic acids is 1. The highest BCUT2D eigenvalue weighted by Crippen LogP contribution is 2.37. The average molecular weight is 439 g/mol. The largest absolute Gasteiger partial charge is 0.497 e. The molecule has 2 N–H and O–H groups in total. The quantitative estimate of drug-likeness (QED) is 0.568. The highest BCUT2D eigenvalue weighted by Gasteiger charge is 2.18. The predicted octanol–water partition coefficient (Wildman–Crippen LogP) is 4.50. The number of rotatable bonds is 7. The van der Waals surface area contributed by atoms with Crippen LogP contribution in [0.2, 0.25) is 5.02 Å². The van der Waals surface area contributed by atoms with E-state index in [4.69, 9.17) is 16.3 Å². The minimum atomic E-state index is -3.54. The minimum absolute atomic E-state index is 0.144. The van der Waals surface area contributed by atoms with Crippen LogP contribution in [0.4, 0.5) is 5.69 Å². The first-order valence-corrected chi connectivity index (χ1v) is 11.2. The molecule has 0 unspecified atom stereocenters. The van der Waals surface area contributed by atoms with Crippen LogP contribution in [0.3, 0.4) is 0 Å². The van der Waals surface area contributed by atoms with Gasteiger partial charge in [0.1, 0.15) is 10.6 Å². The van der Waals surface area contributed by atoms with E-state index in [1.165, 1.54) is 23.5 Å². The topological polar surface area (TPSA) is 84.5 Å². The van der Waals surface area contributed by atoms with Crippen LogP contribution >= 0.6 is 22.9 Å². The lowest BCUT2D eigenvalue weighted by atomic mass is 10.2. The van der Waals surface area contributed by atoms with Gasteiger partial charge in [-0.1, -0.05) is 18.5 Å². The molecule has 0 aliphatic carbocycles. The summed E-state index contributed by atoms with van der Waals surface area (Å²) >= 11 is 7.64. The van der Waals surface area contributed by atoms with Gasteiger partial charge in [-0.2, -0.15) is 0 Å². The van der Waals surface area contributed by atoms with Crippen LogP contribution in [-0.2, 0) is 10.0 Å². The molecule has 0 saturated carbocycles. The normalized spacial score (nSPS) is 11.5. The number of amides is 1. The van der Waals surface area contributed by atoms with Gasteiger partial charge in [-0.15, -0.1) is 11.3 Å². The maximum atomic E-state index is 12.6. The number of hydrogen-bond donors (Lipinski definition) is 2. The first kappa shape index (κ1) is 20.6. The first-order chi connectivity index (χ1) is 13.4. The molecule has 28 heavy (non-hydrogen) atoms. The Bertz CT molecular complexity index is 1110. The van der Waals surface area contributed by atoms with E-state index in [9.17, 15) is 13.2 Å². The smallest absolute Gasteiger partial charge is 0.267 e. The number of halogens is 1. The van der Waals surface area contributed by atoms with Crippen LogP contribution in [0.1, 0.15) is 23.0 Å². The molecule has 0 atom stereocenters. The zero-order valence-corrected chi connectivity index (χ0v) is 17.7. The molecule has 9 heteroatoms. The number of hydrogen-bond acceptors (Lipinski definition) is 5. The summed E-state index contributed by atoms with van der Waals surface area (Å²) in [5.74, 6) is 0.329. The fourth-order valence-electron chi connectivity index (χ4n) is 2.54. The Morgan fingerprint density at radius 1 is 1.18 bits per heavy atom. The van der Waals surface area contributed by atoms with Gasteiger partial charge in [-0.05, 0) is 48.9 Å². The van der Waals surface area contributed by atoms with Gasteiger partial charge < -0.3 is 10.1 Å². The summed E-state index contributed by atoms with van der Waals surface area (Å²) < 4.78 is 32.8. The zero-order valence-electron chi connectivity index (χ0n) is 15.3. The second-order valence-corrected chi connectivity index (χ2v) is 9.18. The van der Waals surface area contributed by atoms with E-state index >= 15 is 0 Å². The van der Waals surface area contributed by atoms with Gasteiger partial charge in [0.05, 0.1) is 17.0 Å². The maximum absolute atomic E-state index is 12.6. The Morgan fingerprint density at radius 2 is 1.89 bits per heavy atom. The molecule has 0 saturated heterocycles. The Morgan fingerprint density at radius 3 is 2.54 bits per heavy atom. The van der Waals surface area contributed by atoms with Crippen molar-refractivity contribution >= 4 is 54.6 Å². The molecule has 0 bridgehead atoms. The zero-order chi connectivity index (χ0) is 20.3. The van der Waals surface area contributed by atoms with Crippen LogP contribution in [0.5, 0.6) is 5.75 Å². The number of nitrogens with one attached hydrogen (secondary N) is 2. The van der Waals surface area contributed by atoms with E-state index in [1.54, 1.807) is 25.3 Å². The van der Waals surface area contributed by atoms with Crippen molar-refractivity contribution < 1.29 is 17.9 Å². The second kappa shape index (κ2) is 8.48. The van der Waals surface area contributed by atoms with Gasteiger partial charge >= 0.3 is 0 Å². The molecule has 6 nitrogen and oxygen atoms in total. The molecule has 3 aromatic rings. The minimum Gasteiger partial charge on any atom is -0.497 e. The molecular formula is C19H19ClN2O4S2. The summed E-state index contributed by atoms with van der Waals surface area (Å²) in [4.78, 5) is 13.2. The third-order valence-corrected chi connectivity index (χ3v) is 7.14. The SMILES string of the molecule is CCCNS(=O)(=O)c1ccc(NC(=O)c2sc3cc(OC)ccc3c2Cl)cc1. The third kappa shape index (κ3) is 4.30. The van der Waals surface area contributed by atoms with Crippen molar-refractivity contribution in [3.05, 3.63) is 52.4 Å². The number of anilines is 1. The van der Waals surface area contributed by atoms with Crippen molar-refractivity contribution in [1.29, 1.82) is 0 Å². The summed E-state index contributed by atoms with van der Waals surface area (Å²) in [7, 11) is -1.97. The lowest BCUT2D eigenvalue weighted by Gasteiger charge is -2.08. The number of carbonyl (C=O) groups is 1. The second-order valence-electron chi connectivity index (χ2n) is 5.98. The maximum Gasteiger partial charge on any atom is 0.267 e. The van der Waals surface area contributed by atoms with E-state index in [-0.39, 0.29) is 10.8 Å². The standard InChI is InChI=1S/C19H19ClN2O4S2/c1-3-10-21-28(24,25)14-7-4-12(5-8-14)22-19(23)18-17(20)15-9-6-13(26-2)11-16(15)27-18/h4-9,11,21H,3,10H2,1-2H3,(H,22,23). The van der Waals surface area contributed by atoms with Crippen LogP contribution < -0.4 is 14.8 Å². The Balaban J connectivity index is 1.80. The summed E-state index contributed by atoms with van der Waals surface area (Å²) in [6.07, 6.45) is 0.704. The molecule has 3 rings (SSSR count). The fraction of sp³-hybridized carbons (Fsp3) is 0.211. The van der Waals surface area contributed by atoms with Crippen molar-refractivity contribution in [2.45, 2.75) is 18.2 Å². The number of methoxy groups -OCH3 is 1. The van der Waals surface area contributed by atoms with E-state index in [2.05, 4.69) is 10.0 Å². The molecule has 1 amide bonds. The van der Waals surface area contributed by atoms with Gasteiger partial charge in [0.2, 0.25) is 10.0 Å². The molecule has 2 aromatic carbocycles. The fourth-order valence-corrected chi connectivity index (χ4v) is 5.12. The molecule has 1 aromatic heterocycles. The summed E-state index contributed by atoms with van der Waals surface area (Å²) in [6.45, 7) is 2.26. The molecule has 148 valence electrons. The van der Waals surface area contributed by atoms with Gasteiger partial charge in [0, 0.05) is 22.3 Å². The Hall–Kier alpha value is -2.13. The van der Waals surface area contributed by atoms with E-state index in [0.29, 0.717) is 34.3 Å². The van der Waals surface area contributed by atoms with Crippen LogP contribution in [0.15, 0.2) is 47.4 Å². The van der Waals surface area contributed by atoms with Crippen molar-refractivity contribution in [2.24, 2.45) is 0 Å². The molecule has 0 fully saturated rings. The number of ether oxygens (including phenoxy) is 1. The first-order valence-electron chi connectivity index (χ1n) is 8.53. The van der Waals surface area contributed by atoms with Gasteiger partial charge in [-0.3, -0.25) is 4.79 Å². The van der Waals surface area contributed by atoms with Crippen molar-refractivity contribution in [1.82, 2.24) is 4.72 Å². The van der Waals surface area contributed by atoms with E-state index in [1.807, 2.05) is 19.1 Å². The molecule has 0 aliphatic rings. The van der Waals surface area contributed by atoms with E-state index < -0.39 is 10.0 Å². The van der Waals surface area contributed by atoms with Crippen molar-refractivity contribution in [3.63, 3.8) is 0 Å². The predicted molar refractivity (Wildman–Crippen MR) is 113 cm³/mol. The highest BCUT2D eigenvalue weighted by molar-refractivity contribution is 7.89. The van der Waals surface area contributed by atoms with Crippen LogP contribution in [0, 0.1) is 0 Å². The van der Waals surface area contributed by atoms with Crippen LogP contribution in [-0.4, -0.2) is 28.0 Å². The molecular weight excluding hydrogens is 420 g/mol. The molecule has 1 heterocycles. The number of thiophene rings is 1. The Kier molecular flexibility index (Phi) is 6.24. The van der Waals surface area contributed by atoms with Crippen molar-refractivity contribution in [2.75, 3.05) is 19.0 Å². The summed E-state index contributed by atoms with van der Waals surface area (Å²) in [6, 6.07) is 11.4. The monoisotopic (exact) mass is 438 g/mol. The lowest BCUT2D eigenvalue weighted by Crippen LogP contribution is -2.24. The lowest BCUT2D eigenvalue weighted by molar-refractivity contribution is 0.103.